The lowest BCUT2D eigenvalue weighted by atomic mass is 10.1. The molecule has 0 radical (unpaired) electrons. The van der Waals surface area contributed by atoms with Gasteiger partial charge in [0.05, 0.1) is 5.92 Å². The number of nitrogens with zero attached hydrogens (tertiary/aromatic N) is 3. The van der Waals surface area contributed by atoms with Crippen LogP contribution in [0.15, 0.2) is 18.2 Å². The molecule has 24 heavy (non-hydrogen) atoms. The van der Waals surface area contributed by atoms with Gasteiger partial charge in [0.15, 0.2) is 0 Å². The topological polar surface area (TPSA) is 94.6 Å². The molecule has 1 aliphatic rings. The number of nitrogens with one attached hydrogen (secondary N) is 2. The smallest absolute Gasteiger partial charge is 0.288 e. The van der Waals surface area contributed by atoms with Crippen molar-refractivity contribution in [3.8, 4) is 0 Å². The molecule has 3 amide bonds. The Hall–Kier alpha value is -2.19. The van der Waals surface area contributed by atoms with Crippen LogP contribution in [0.3, 0.4) is 0 Å². The fraction of sp³-hybridized carbons (Fsp3) is 0.467. The van der Waals surface area contributed by atoms with Gasteiger partial charge in [-0.2, -0.15) is 0 Å². The summed E-state index contributed by atoms with van der Waals surface area (Å²) in [5.74, 6) is -1.50. The van der Waals surface area contributed by atoms with Crippen molar-refractivity contribution in [1.29, 1.82) is 0 Å². The zero-order valence-corrected chi connectivity index (χ0v) is 14.3. The fourth-order valence-corrected chi connectivity index (χ4v) is 2.47. The summed E-state index contributed by atoms with van der Waals surface area (Å²) in [5.41, 5.74) is 4.72. The van der Waals surface area contributed by atoms with E-state index in [0.29, 0.717) is 13.1 Å². The molecule has 1 saturated heterocycles. The number of likely N-dealkylation sites (N-methyl/N-ethyl adjacent to an activating group) is 1. The summed E-state index contributed by atoms with van der Waals surface area (Å²) < 4.78 is 0. The van der Waals surface area contributed by atoms with Gasteiger partial charge in [-0.25, -0.2) is 4.98 Å². The SMILES string of the molecule is CN(C)CCN1CC(C(=O)NNC(=O)c2cccc(Cl)n2)CC1=O. The first-order valence-electron chi connectivity index (χ1n) is 7.52. The van der Waals surface area contributed by atoms with Crippen molar-refractivity contribution in [3.05, 3.63) is 29.0 Å². The van der Waals surface area contributed by atoms with Gasteiger partial charge in [-0.05, 0) is 26.2 Å². The molecule has 0 bridgehead atoms. The standard InChI is InChI=1S/C15H20ClN5O3/c1-20(2)6-7-21-9-10(8-13(21)22)14(23)18-19-15(24)11-4-3-5-12(16)17-11/h3-5,10H,6-9H2,1-2H3,(H,18,23)(H,19,24). The first kappa shape index (κ1) is 18.2. The Morgan fingerprint density at radius 3 is 2.79 bits per heavy atom. The van der Waals surface area contributed by atoms with Crippen molar-refractivity contribution < 1.29 is 14.4 Å². The highest BCUT2D eigenvalue weighted by atomic mass is 35.5. The van der Waals surface area contributed by atoms with E-state index in [4.69, 9.17) is 11.6 Å². The maximum absolute atomic E-state index is 12.1. The molecule has 1 unspecified atom stereocenters. The minimum atomic E-state index is -0.570. The van der Waals surface area contributed by atoms with Gasteiger partial charge >= 0.3 is 0 Å². The third kappa shape index (κ3) is 4.90. The average molecular weight is 354 g/mol. The molecule has 0 aliphatic carbocycles. The van der Waals surface area contributed by atoms with Crippen molar-refractivity contribution in [2.45, 2.75) is 6.42 Å². The van der Waals surface area contributed by atoms with Crippen LogP contribution in [-0.4, -0.2) is 66.2 Å². The lowest BCUT2D eigenvalue weighted by Gasteiger charge is -2.19. The first-order valence-corrected chi connectivity index (χ1v) is 7.90. The zero-order valence-electron chi connectivity index (χ0n) is 13.6. The van der Waals surface area contributed by atoms with Crippen LogP contribution < -0.4 is 10.9 Å². The Morgan fingerprint density at radius 2 is 2.12 bits per heavy atom. The first-order chi connectivity index (χ1) is 11.4. The molecule has 9 heteroatoms. The molecule has 1 aliphatic heterocycles. The van der Waals surface area contributed by atoms with Crippen LogP contribution in [0.2, 0.25) is 5.15 Å². The van der Waals surface area contributed by atoms with E-state index in [9.17, 15) is 14.4 Å². The number of carbonyl (C=O) groups is 3. The molecule has 1 aromatic rings. The second kappa shape index (κ2) is 8.07. The number of carbonyl (C=O) groups excluding carboxylic acids is 3. The predicted octanol–water partition coefficient (Wildman–Crippen LogP) is -0.0939. The second-order valence-electron chi connectivity index (χ2n) is 5.83. The van der Waals surface area contributed by atoms with Crippen LogP contribution in [0.5, 0.6) is 0 Å². The largest absolute Gasteiger partial charge is 0.341 e. The lowest BCUT2D eigenvalue weighted by molar-refractivity contribution is -0.129. The predicted molar refractivity (Wildman–Crippen MR) is 88.1 cm³/mol. The van der Waals surface area contributed by atoms with E-state index in [-0.39, 0.29) is 23.2 Å². The van der Waals surface area contributed by atoms with E-state index < -0.39 is 17.7 Å². The Bertz CT molecular complexity index is 637. The van der Waals surface area contributed by atoms with E-state index in [1.165, 1.54) is 6.07 Å². The summed E-state index contributed by atoms with van der Waals surface area (Å²) in [6.45, 7) is 1.66. The highest BCUT2D eigenvalue weighted by Crippen LogP contribution is 2.17. The number of halogens is 1. The van der Waals surface area contributed by atoms with Crippen molar-refractivity contribution in [1.82, 2.24) is 25.6 Å². The molecule has 0 saturated carbocycles. The Labute approximate surface area is 145 Å². The number of aromatic nitrogens is 1. The van der Waals surface area contributed by atoms with E-state index in [1.54, 1.807) is 17.0 Å². The van der Waals surface area contributed by atoms with Crippen molar-refractivity contribution >= 4 is 29.3 Å². The summed E-state index contributed by atoms with van der Waals surface area (Å²) >= 11 is 5.71. The Kier molecular flexibility index (Phi) is 6.10. The molecule has 0 aromatic carbocycles. The number of hydrogen-bond donors (Lipinski definition) is 2. The van der Waals surface area contributed by atoms with Crippen molar-refractivity contribution in [3.63, 3.8) is 0 Å². The van der Waals surface area contributed by atoms with Crippen molar-refractivity contribution in [2.24, 2.45) is 5.92 Å². The highest BCUT2D eigenvalue weighted by Gasteiger charge is 2.34. The molecular weight excluding hydrogens is 334 g/mol. The monoisotopic (exact) mass is 353 g/mol. The number of likely N-dealkylation sites (tertiary alicyclic amines) is 1. The number of amides is 3. The molecular formula is C15H20ClN5O3. The van der Waals surface area contributed by atoms with Crippen LogP contribution in [0.4, 0.5) is 0 Å². The Morgan fingerprint density at radius 1 is 1.38 bits per heavy atom. The normalized spacial score (nSPS) is 17.2. The quantitative estimate of drug-likeness (QED) is 0.569. The fourth-order valence-electron chi connectivity index (χ4n) is 2.30. The number of pyridine rings is 1. The number of rotatable bonds is 5. The third-order valence-electron chi connectivity index (χ3n) is 3.65. The summed E-state index contributed by atoms with van der Waals surface area (Å²) in [6, 6.07) is 4.61. The summed E-state index contributed by atoms with van der Waals surface area (Å²) in [5, 5.41) is 0.187. The van der Waals surface area contributed by atoms with Gasteiger partial charge in [0.1, 0.15) is 10.8 Å². The van der Waals surface area contributed by atoms with Gasteiger partial charge in [0, 0.05) is 26.1 Å². The zero-order chi connectivity index (χ0) is 17.7. The molecule has 2 rings (SSSR count). The van der Waals surface area contributed by atoms with Crippen LogP contribution in [0, 0.1) is 5.92 Å². The second-order valence-corrected chi connectivity index (χ2v) is 6.22. The van der Waals surface area contributed by atoms with Crippen molar-refractivity contribution in [2.75, 3.05) is 33.7 Å². The molecule has 8 nitrogen and oxygen atoms in total. The minimum absolute atomic E-state index is 0.0557. The molecule has 2 N–H and O–H groups in total. The van der Waals surface area contributed by atoms with E-state index in [1.807, 2.05) is 19.0 Å². The molecule has 1 fully saturated rings. The number of hydrazine groups is 1. The van der Waals surface area contributed by atoms with E-state index >= 15 is 0 Å². The summed E-state index contributed by atoms with van der Waals surface area (Å²) in [7, 11) is 3.84. The van der Waals surface area contributed by atoms with Gasteiger partial charge < -0.3 is 9.80 Å². The summed E-state index contributed by atoms with van der Waals surface area (Å²) in [6.07, 6.45) is 0.143. The van der Waals surface area contributed by atoms with Gasteiger partial charge in [-0.15, -0.1) is 0 Å². The van der Waals surface area contributed by atoms with Gasteiger partial charge in [-0.3, -0.25) is 25.2 Å². The van der Waals surface area contributed by atoms with Gasteiger partial charge in [0.2, 0.25) is 11.8 Å². The average Bonchev–Trinajstić information content (AvgIpc) is 2.91. The molecule has 0 spiro atoms. The van der Waals surface area contributed by atoms with Crippen LogP contribution in [0.1, 0.15) is 16.9 Å². The van der Waals surface area contributed by atoms with Gasteiger partial charge in [0.25, 0.3) is 5.91 Å². The maximum atomic E-state index is 12.1. The summed E-state index contributed by atoms with van der Waals surface area (Å²) in [4.78, 5) is 43.4. The number of hydrogen-bond acceptors (Lipinski definition) is 5. The molecule has 1 aromatic heterocycles. The highest BCUT2D eigenvalue weighted by molar-refractivity contribution is 6.29. The molecule has 130 valence electrons. The lowest BCUT2D eigenvalue weighted by Crippen LogP contribution is -2.45. The molecule has 1 atom stereocenters. The van der Waals surface area contributed by atoms with Crippen LogP contribution in [0.25, 0.3) is 0 Å². The maximum Gasteiger partial charge on any atom is 0.288 e. The van der Waals surface area contributed by atoms with E-state index in [0.717, 1.165) is 6.54 Å². The van der Waals surface area contributed by atoms with Crippen LogP contribution in [-0.2, 0) is 9.59 Å². The molecule has 2 heterocycles. The van der Waals surface area contributed by atoms with Crippen LogP contribution >= 0.6 is 11.6 Å². The third-order valence-corrected chi connectivity index (χ3v) is 3.86. The Balaban J connectivity index is 1.82. The van der Waals surface area contributed by atoms with Gasteiger partial charge in [-0.1, -0.05) is 17.7 Å². The minimum Gasteiger partial charge on any atom is -0.341 e. The van der Waals surface area contributed by atoms with E-state index in [2.05, 4.69) is 15.8 Å².